The fourth-order valence-corrected chi connectivity index (χ4v) is 3.23. The maximum Gasteiger partial charge on any atom is 0.317 e. The van der Waals surface area contributed by atoms with Gasteiger partial charge in [-0.15, -0.1) is 0 Å². The number of methoxy groups -OCH3 is 2. The molecule has 3 rings (SSSR count). The monoisotopic (exact) mass is 344 g/mol. The first-order valence-electron chi connectivity index (χ1n) is 8.45. The summed E-state index contributed by atoms with van der Waals surface area (Å²) in [6.45, 7) is 2.04. The number of carbonyl (C=O) groups excluding carboxylic acids is 1. The van der Waals surface area contributed by atoms with E-state index in [1.54, 1.807) is 26.7 Å². The van der Waals surface area contributed by atoms with E-state index in [9.17, 15) is 4.79 Å². The summed E-state index contributed by atoms with van der Waals surface area (Å²) in [4.78, 5) is 18.5. The van der Waals surface area contributed by atoms with Crippen molar-refractivity contribution in [2.45, 2.75) is 25.4 Å². The predicted octanol–water partition coefficient (Wildman–Crippen LogP) is 2.45. The molecule has 2 aromatic rings. The fraction of sp³-hybridized carbons (Fsp3) is 0.444. The minimum atomic E-state index is -0.0302. The number of amides is 2. The SMILES string of the molecule is COc1ccc([C@@H]2CCCN2C(=O)NCCn2ccnc2)cc1OC. The number of nitrogens with zero attached hydrogens (tertiary/aromatic N) is 3. The number of imidazole rings is 1. The van der Waals surface area contributed by atoms with Crippen molar-refractivity contribution in [3.8, 4) is 11.5 Å². The van der Waals surface area contributed by atoms with Gasteiger partial charge in [0.25, 0.3) is 0 Å². The van der Waals surface area contributed by atoms with E-state index < -0.39 is 0 Å². The van der Waals surface area contributed by atoms with E-state index in [4.69, 9.17) is 9.47 Å². The zero-order chi connectivity index (χ0) is 17.6. The van der Waals surface area contributed by atoms with E-state index in [1.165, 1.54) is 0 Å². The van der Waals surface area contributed by atoms with Crippen LogP contribution in [-0.4, -0.2) is 47.8 Å². The first-order valence-corrected chi connectivity index (χ1v) is 8.45. The van der Waals surface area contributed by atoms with Gasteiger partial charge in [0.1, 0.15) is 0 Å². The molecule has 1 aliphatic rings. The van der Waals surface area contributed by atoms with Crippen molar-refractivity contribution in [3.05, 3.63) is 42.5 Å². The maximum absolute atomic E-state index is 12.6. The van der Waals surface area contributed by atoms with Crippen LogP contribution >= 0.6 is 0 Å². The summed E-state index contributed by atoms with van der Waals surface area (Å²) in [5.41, 5.74) is 1.07. The molecular formula is C18H24N4O3. The van der Waals surface area contributed by atoms with Crippen LogP contribution in [0, 0.1) is 0 Å². The molecule has 1 aliphatic heterocycles. The zero-order valence-electron chi connectivity index (χ0n) is 14.6. The third-order valence-electron chi connectivity index (χ3n) is 4.51. The third kappa shape index (κ3) is 3.87. The Balaban J connectivity index is 1.64. The molecule has 25 heavy (non-hydrogen) atoms. The number of urea groups is 1. The largest absolute Gasteiger partial charge is 0.493 e. The number of carbonyl (C=O) groups is 1. The smallest absolute Gasteiger partial charge is 0.317 e. The molecule has 1 aromatic heterocycles. The highest BCUT2D eigenvalue weighted by atomic mass is 16.5. The van der Waals surface area contributed by atoms with Gasteiger partial charge in [0.05, 0.1) is 26.6 Å². The van der Waals surface area contributed by atoms with Crippen molar-refractivity contribution in [2.75, 3.05) is 27.3 Å². The molecule has 7 heteroatoms. The number of hydrogen-bond donors (Lipinski definition) is 1. The molecule has 0 bridgehead atoms. The van der Waals surface area contributed by atoms with E-state index in [-0.39, 0.29) is 12.1 Å². The van der Waals surface area contributed by atoms with Crippen molar-refractivity contribution in [3.63, 3.8) is 0 Å². The number of likely N-dealkylation sites (tertiary alicyclic amines) is 1. The van der Waals surface area contributed by atoms with Gasteiger partial charge in [0.15, 0.2) is 11.5 Å². The highest BCUT2D eigenvalue weighted by Gasteiger charge is 2.30. The van der Waals surface area contributed by atoms with Gasteiger partial charge in [-0.25, -0.2) is 9.78 Å². The molecule has 0 radical (unpaired) electrons. The molecule has 1 fully saturated rings. The summed E-state index contributed by atoms with van der Waals surface area (Å²) in [5, 5.41) is 3.00. The Bertz CT molecular complexity index is 702. The molecule has 7 nitrogen and oxygen atoms in total. The van der Waals surface area contributed by atoms with Crippen LogP contribution in [0.2, 0.25) is 0 Å². The quantitative estimate of drug-likeness (QED) is 0.874. The van der Waals surface area contributed by atoms with Crippen LogP contribution in [0.5, 0.6) is 11.5 Å². The lowest BCUT2D eigenvalue weighted by Gasteiger charge is -2.26. The van der Waals surface area contributed by atoms with Crippen LogP contribution in [0.15, 0.2) is 36.9 Å². The lowest BCUT2D eigenvalue weighted by Crippen LogP contribution is -2.40. The minimum Gasteiger partial charge on any atom is -0.493 e. The van der Waals surface area contributed by atoms with Gasteiger partial charge >= 0.3 is 6.03 Å². The van der Waals surface area contributed by atoms with Crippen molar-refractivity contribution in [1.29, 1.82) is 0 Å². The molecule has 1 saturated heterocycles. The molecule has 0 aliphatic carbocycles. The van der Waals surface area contributed by atoms with Gasteiger partial charge in [-0.2, -0.15) is 0 Å². The van der Waals surface area contributed by atoms with Gasteiger partial charge < -0.3 is 24.3 Å². The van der Waals surface area contributed by atoms with Gasteiger partial charge in [0, 0.05) is 32.0 Å². The first kappa shape index (κ1) is 17.1. The van der Waals surface area contributed by atoms with Gasteiger partial charge in [-0.3, -0.25) is 0 Å². The number of aromatic nitrogens is 2. The summed E-state index contributed by atoms with van der Waals surface area (Å²) in [6, 6.07) is 5.89. The van der Waals surface area contributed by atoms with Crippen LogP contribution in [0.25, 0.3) is 0 Å². The predicted molar refractivity (Wildman–Crippen MR) is 93.9 cm³/mol. The van der Waals surface area contributed by atoms with Gasteiger partial charge in [-0.1, -0.05) is 6.07 Å². The summed E-state index contributed by atoms with van der Waals surface area (Å²) >= 11 is 0. The normalized spacial score (nSPS) is 16.7. The molecule has 1 N–H and O–H groups in total. The first-order chi connectivity index (χ1) is 12.2. The number of benzene rings is 1. The standard InChI is InChI=1S/C18H24N4O3/c1-24-16-6-5-14(12-17(16)25-2)15-4-3-9-22(15)18(23)20-8-11-21-10-7-19-13-21/h5-7,10,12-13,15H,3-4,8-9,11H2,1-2H3,(H,20,23)/t15-/m0/s1. The lowest BCUT2D eigenvalue weighted by atomic mass is 10.0. The average Bonchev–Trinajstić information content (AvgIpc) is 3.32. The van der Waals surface area contributed by atoms with Crippen molar-refractivity contribution < 1.29 is 14.3 Å². The summed E-state index contributed by atoms with van der Waals surface area (Å²) < 4.78 is 12.6. The summed E-state index contributed by atoms with van der Waals surface area (Å²) in [6.07, 6.45) is 7.30. The molecule has 1 atom stereocenters. The molecule has 134 valence electrons. The molecular weight excluding hydrogens is 320 g/mol. The molecule has 0 saturated carbocycles. The number of hydrogen-bond acceptors (Lipinski definition) is 4. The lowest BCUT2D eigenvalue weighted by molar-refractivity contribution is 0.192. The molecule has 2 heterocycles. The Morgan fingerprint density at radius 1 is 1.32 bits per heavy atom. The molecule has 2 amide bonds. The van der Waals surface area contributed by atoms with Crippen LogP contribution in [0.4, 0.5) is 4.79 Å². The topological polar surface area (TPSA) is 68.6 Å². The molecule has 1 aromatic carbocycles. The van der Waals surface area contributed by atoms with E-state index in [0.29, 0.717) is 24.6 Å². The number of nitrogens with one attached hydrogen (secondary N) is 1. The van der Waals surface area contributed by atoms with Crippen LogP contribution in [0.3, 0.4) is 0 Å². The van der Waals surface area contributed by atoms with E-state index >= 15 is 0 Å². The van der Waals surface area contributed by atoms with Crippen molar-refractivity contribution in [2.24, 2.45) is 0 Å². The second kappa shape index (κ2) is 7.92. The Hall–Kier alpha value is -2.70. The van der Waals surface area contributed by atoms with Gasteiger partial charge in [-0.05, 0) is 30.5 Å². The van der Waals surface area contributed by atoms with Crippen LogP contribution < -0.4 is 14.8 Å². The molecule has 0 unspecified atom stereocenters. The summed E-state index contributed by atoms with van der Waals surface area (Å²) in [7, 11) is 3.24. The zero-order valence-corrected chi connectivity index (χ0v) is 14.6. The highest BCUT2D eigenvalue weighted by Crippen LogP contribution is 2.36. The Morgan fingerprint density at radius 3 is 2.88 bits per heavy atom. The van der Waals surface area contributed by atoms with E-state index in [2.05, 4.69) is 10.3 Å². The molecule has 0 spiro atoms. The van der Waals surface area contributed by atoms with Crippen molar-refractivity contribution >= 4 is 6.03 Å². The van der Waals surface area contributed by atoms with E-state index in [0.717, 1.165) is 24.9 Å². The van der Waals surface area contributed by atoms with Crippen LogP contribution in [-0.2, 0) is 6.54 Å². The second-order valence-corrected chi connectivity index (χ2v) is 6.00. The van der Waals surface area contributed by atoms with Gasteiger partial charge in [0.2, 0.25) is 0 Å². The number of rotatable bonds is 6. The highest BCUT2D eigenvalue weighted by molar-refractivity contribution is 5.75. The fourth-order valence-electron chi connectivity index (χ4n) is 3.23. The Morgan fingerprint density at radius 2 is 2.16 bits per heavy atom. The third-order valence-corrected chi connectivity index (χ3v) is 4.51. The van der Waals surface area contributed by atoms with E-state index in [1.807, 2.05) is 33.9 Å². The Labute approximate surface area is 147 Å². The average molecular weight is 344 g/mol. The van der Waals surface area contributed by atoms with Crippen LogP contribution in [0.1, 0.15) is 24.4 Å². The minimum absolute atomic E-state index is 0.0302. The Kier molecular flexibility index (Phi) is 5.42. The maximum atomic E-state index is 12.6. The second-order valence-electron chi connectivity index (χ2n) is 6.00. The van der Waals surface area contributed by atoms with Crippen molar-refractivity contribution in [1.82, 2.24) is 19.8 Å². The number of ether oxygens (including phenoxy) is 2. The summed E-state index contributed by atoms with van der Waals surface area (Å²) in [5.74, 6) is 1.38.